The van der Waals surface area contributed by atoms with Crippen molar-refractivity contribution in [2.75, 3.05) is 18.3 Å². The fourth-order valence-electron chi connectivity index (χ4n) is 5.42. The Balaban J connectivity index is 1.73. The van der Waals surface area contributed by atoms with Crippen molar-refractivity contribution in [3.63, 3.8) is 0 Å². The Bertz CT molecular complexity index is 1300. The Kier molecular flexibility index (Phi) is 10.5. The van der Waals surface area contributed by atoms with Crippen molar-refractivity contribution in [2.45, 2.75) is 123 Å². The maximum Gasteiger partial charge on any atom is 0.439 e. The summed E-state index contributed by atoms with van der Waals surface area (Å²) < 4.78 is 35.3. The molecule has 6 atom stereocenters. The number of carbonyl (C=O) groups excluding carboxylic acids is 2. The number of carbonyl (C=O) groups is 2. The SMILES string of the molecule is Cc1cc(N(OC[C@H]2COC(C)(C)O2)C(=O)OC(C)(C)C)cc2c1C(=O)O[C@@H](C)[C@H](C)/C=C\C(O)[C@H]1OC(C)(C)O[C@H]1C/C=C/2. The van der Waals surface area contributed by atoms with E-state index >= 15 is 0 Å². The van der Waals surface area contributed by atoms with Crippen molar-refractivity contribution in [3.05, 3.63) is 47.1 Å². The first-order chi connectivity index (χ1) is 20.8. The van der Waals surface area contributed by atoms with Gasteiger partial charge in [-0.05, 0) is 92.0 Å². The van der Waals surface area contributed by atoms with Crippen molar-refractivity contribution < 1.29 is 48.0 Å². The Morgan fingerprint density at radius 2 is 1.78 bits per heavy atom. The van der Waals surface area contributed by atoms with Gasteiger partial charge in [-0.25, -0.2) is 9.59 Å². The minimum atomic E-state index is -0.918. The molecule has 0 saturated carbocycles. The van der Waals surface area contributed by atoms with Gasteiger partial charge >= 0.3 is 12.1 Å². The maximum absolute atomic E-state index is 13.6. The number of rotatable bonds is 4. The maximum atomic E-state index is 13.6. The lowest BCUT2D eigenvalue weighted by molar-refractivity contribution is -0.152. The number of fused-ring (bicyclic) bond motifs is 2. The van der Waals surface area contributed by atoms with Crippen LogP contribution in [0, 0.1) is 12.8 Å². The number of aliphatic hydroxyl groups excluding tert-OH is 1. The van der Waals surface area contributed by atoms with E-state index in [9.17, 15) is 14.7 Å². The molecule has 1 aromatic rings. The van der Waals surface area contributed by atoms with Crippen molar-refractivity contribution in [2.24, 2.45) is 5.92 Å². The van der Waals surface area contributed by atoms with Crippen LogP contribution in [-0.2, 0) is 33.3 Å². The van der Waals surface area contributed by atoms with Crippen LogP contribution in [0.4, 0.5) is 10.5 Å². The van der Waals surface area contributed by atoms with Crippen molar-refractivity contribution in [3.8, 4) is 0 Å². The van der Waals surface area contributed by atoms with E-state index in [-0.39, 0.29) is 12.5 Å². The number of amides is 1. The molecule has 0 aliphatic carbocycles. The van der Waals surface area contributed by atoms with Gasteiger partial charge in [-0.1, -0.05) is 31.2 Å². The van der Waals surface area contributed by atoms with E-state index in [0.717, 1.165) is 5.06 Å². The van der Waals surface area contributed by atoms with Gasteiger partial charge in [0.25, 0.3) is 0 Å². The Hall–Kier alpha value is -2.80. The summed E-state index contributed by atoms with van der Waals surface area (Å²) in [7, 11) is 0. The average molecular weight is 632 g/mol. The third kappa shape index (κ3) is 9.15. The van der Waals surface area contributed by atoms with Crippen LogP contribution in [0.2, 0.25) is 0 Å². The Labute approximate surface area is 266 Å². The molecule has 0 bridgehead atoms. The molecule has 0 aromatic heterocycles. The van der Waals surface area contributed by atoms with E-state index in [1.807, 2.05) is 46.8 Å². The number of hydroxylamine groups is 1. The zero-order valence-electron chi connectivity index (χ0n) is 28.1. The molecule has 2 saturated heterocycles. The number of esters is 1. The van der Waals surface area contributed by atoms with Crippen molar-refractivity contribution in [1.29, 1.82) is 0 Å². The highest BCUT2D eigenvalue weighted by molar-refractivity contribution is 5.97. The second-order valence-electron chi connectivity index (χ2n) is 13.9. The van der Waals surface area contributed by atoms with Gasteiger partial charge in [-0.3, -0.25) is 4.84 Å². The lowest BCUT2D eigenvalue weighted by Crippen LogP contribution is -2.39. The highest BCUT2D eigenvalue weighted by Crippen LogP contribution is 2.34. The molecular formula is C34H49NO10. The summed E-state index contributed by atoms with van der Waals surface area (Å²) in [5.74, 6) is -2.33. The molecule has 1 unspecified atom stereocenters. The molecule has 0 radical (unpaired) electrons. The first kappa shape index (κ1) is 35.1. The van der Waals surface area contributed by atoms with Crippen LogP contribution in [0.1, 0.15) is 90.2 Å². The number of nitrogens with zero attached hydrogens (tertiary/aromatic N) is 1. The van der Waals surface area contributed by atoms with Crippen LogP contribution in [-0.4, -0.2) is 78.1 Å². The summed E-state index contributed by atoms with van der Waals surface area (Å²) in [5.41, 5.74) is 1.01. The molecular weight excluding hydrogens is 582 g/mol. The van der Waals surface area contributed by atoms with Crippen LogP contribution in [0.3, 0.4) is 0 Å². The largest absolute Gasteiger partial charge is 0.458 e. The number of cyclic esters (lactones) is 1. The van der Waals surface area contributed by atoms with E-state index in [1.165, 1.54) is 0 Å². The molecule has 4 rings (SSSR count). The number of hydrogen-bond donors (Lipinski definition) is 1. The second kappa shape index (κ2) is 13.5. The van der Waals surface area contributed by atoms with Crippen LogP contribution in [0.25, 0.3) is 6.08 Å². The number of ether oxygens (including phenoxy) is 6. The van der Waals surface area contributed by atoms with Gasteiger partial charge < -0.3 is 33.5 Å². The van der Waals surface area contributed by atoms with Crippen LogP contribution < -0.4 is 5.06 Å². The fourth-order valence-corrected chi connectivity index (χ4v) is 5.42. The molecule has 45 heavy (non-hydrogen) atoms. The standard InChI is InChI=1S/C34H49NO10/c1-20-14-15-26(36)29-27(43-34(9,10)44-29)13-11-12-23-17-24(16-21(2)28(23)30(37)41-22(20)3)35(31(38)45-32(4,5)6)40-19-25-18-39-33(7,8)42-25/h11-12,14-17,20,22,25-27,29,36H,13,18-19H2,1-10H3/b12-11+,15-14-/t20-,22+,25-,26?,27+,29-/m1/s1. The molecule has 3 aliphatic rings. The topological polar surface area (TPSA) is 122 Å². The van der Waals surface area contributed by atoms with Crippen molar-refractivity contribution in [1.82, 2.24) is 0 Å². The van der Waals surface area contributed by atoms with E-state index in [2.05, 4.69) is 0 Å². The van der Waals surface area contributed by atoms with Crippen LogP contribution in [0.15, 0.2) is 30.4 Å². The highest BCUT2D eigenvalue weighted by Gasteiger charge is 2.43. The number of hydrogen-bond acceptors (Lipinski definition) is 10. The normalized spacial score (nSPS) is 31.2. The second-order valence-corrected chi connectivity index (χ2v) is 13.9. The molecule has 3 heterocycles. The molecule has 1 N–H and O–H groups in total. The number of aryl methyl sites for hydroxylation is 1. The monoisotopic (exact) mass is 631 g/mol. The number of anilines is 1. The molecule has 250 valence electrons. The number of benzene rings is 1. The molecule has 11 nitrogen and oxygen atoms in total. The van der Waals surface area contributed by atoms with Gasteiger partial charge in [-0.15, -0.1) is 0 Å². The first-order valence-electron chi connectivity index (χ1n) is 15.6. The minimum absolute atomic E-state index is 0.0259. The van der Waals surface area contributed by atoms with Crippen LogP contribution >= 0.6 is 0 Å². The van der Waals surface area contributed by atoms with E-state index in [0.29, 0.717) is 35.4 Å². The van der Waals surface area contributed by atoms with E-state index in [4.69, 9.17) is 33.3 Å². The van der Waals surface area contributed by atoms with E-state index in [1.54, 1.807) is 58.9 Å². The van der Waals surface area contributed by atoms with Gasteiger partial charge in [0.1, 0.15) is 36.6 Å². The van der Waals surface area contributed by atoms with Gasteiger partial charge in [-0.2, -0.15) is 5.06 Å². The molecule has 0 spiro atoms. The van der Waals surface area contributed by atoms with Gasteiger partial charge in [0.15, 0.2) is 11.6 Å². The third-order valence-corrected chi connectivity index (χ3v) is 7.67. The van der Waals surface area contributed by atoms with Gasteiger partial charge in [0.05, 0.1) is 24.0 Å². The lowest BCUT2D eigenvalue weighted by atomic mass is 9.97. The summed E-state index contributed by atoms with van der Waals surface area (Å²) in [6.07, 6.45) is 3.96. The predicted molar refractivity (Wildman–Crippen MR) is 167 cm³/mol. The zero-order chi connectivity index (χ0) is 33.3. The summed E-state index contributed by atoms with van der Waals surface area (Å²) >= 11 is 0. The Morgan fingerprint density at radius 3 is 2.42 bits per heavy atom. The Morgan fingerprint density at radius 1 is 1.07 bits per heavy atom. The third-order valence-electron chi connectivity index (χ3n) is 7.67. The van der Waals surface area contributed by atoms with Gasteiger partial charge in [0, 0.05) is 5.92 Å². The number of aliphatic hydroxyl groups is 1. The van der Waals surface area contributed by atoms with Crippen LogP contribution in [0.5, 0.6) is 0 Å². The molecule has 1 aromatic carbocycles. The molecule has 1 amide bonds. The fraction of sp³-hybridized carbons (Fsp3) is 0.647. The summed E-state index contributed by atoms with van der Waals surface area (Å²) in [5, 5.41) is 12.0. The van der Waals surface area contributed by atoms with E-state index < -0.39 is 59.8 Å². The minimum Gasteiger partial charge on any atom is -0.458 e. The summed E-state index contributed by atoms with van der Waals surface area (Å²) in [4.78, 5) is 33.1. The molecule has 2 fully saturated rings. The molecule has 3 aliphatic heterocycles. The zero-order valence-corrected chi connectivity index (χ0v) is 28.1. The summed E-state index contributed by atoms with van der Waals surface area (Å²) in [6, 6.07) is 3.37. The molecule has 11 heteroatoms. The quantitative estimate of drug-likeness (QED) is 0.246. The highest BCUT2D eigenvalue weighted by atomic mass is 16.8. The van der Waals surface area contributed by atoms with Crippen molar-refractivity contribution >= 4 is 23.8 Å². The average Bonchev–Trinajstić information content (AvgIpc) is 3.42. The predicted octanol–water partition coefficient (Wildman–Crippen LogP) is 5.86. The lowest BCUT2D eigenvalue weighted by Gasteiger charge is -2.28. The summed E-state index contributed by atoms with van der Waals surface area (Å²) in [6.45, 7) is 18.4. The first-order valence-corrected chi connectivity index (χ1v) is 15.6. The smallest absolute Gasteiger partial charge is 0.439 e. The van der Waals surface area contributed by atoms with Gasteiger partial charge in [0.2, 0.25) is 0 Å².